The van der Waals surface area contributed by atoms with Crippen molar-refractivity contribution in [3.05, 3.63) is 40.3 Å². The molecule has 13 heteroatoms. The molecular weight excluding hydrogens is 564 g/mol. The van der Waals surface area contributed by atoms with Crippen LogP contribution in [0.2, 0.25) is 5.28 Å². The fraction of sp³-hybridized carbons (Fsp3) is 0.464. The fourth-order valence-electron chi connectivity index (χ4n) is 6.24. The number of fused-ring (bicyclic) bond motifs is 5. The largest absolute Gasteiger partial charge is 0.418 e. The summed E-state index contributed by atoms with van der Waals surface area (Å²) in [4.78, 5) is 35.8. The second kappa shape index (κ2) is 10.3. The SMILES string of the molecule is C[C@@H]1CNc2c(sc3ccc4nc(Oc5nc(Cl)ncc5CN5CC6(CCN(C)CC6)CC5O)cnc4c23)C(=O)N1. The van der Waals surface area contributed by atoms with Crippen molar-refractivity contribution in [2.75, 3.05) is 38.5 Å². The van der Waals surface area contributed by atoms with Crippen molar-refractivity contribution >= 4 is 55.7 Å². The molecule has 1 aromatic carbocycles. The number of hydrogen-bond acceptors (Lipinski definition) is 11. The molecule has 4 aromatic rings. The first-order valence-electron chi connectivity index (χ1n) is 13.8. The van der Waals surface area contributed by atoms with Crippen molar-refractivity contribution in [1.29, 1.82) is 0 Å². The van der Waals surface area contributed by atoms with Crippen LogP contribution in [0, 0.1) is 5.41 Å². The second-order valence-corrected chi connectivity index (χ2v) is 12.9. The molecule has 3 N–H and O–H groups in total. The van der Waals surface area contributed by atoms with Gasteiger partial charge in [-0.15, -0.1) is 11.3 Å². The third kappa shape index (κ3) is 4.97. The minimum absolute atomic E-state index is 0.0173. The summed E-state index contributed by atoms with van der Waals surface area (Å²) in [6.45, 7) is 5.92. The Morgan fingerprint density at radius 1 is 1.22 bits per heavy atom. The summed E-state index contributed by atoms with van der Waals surface area (Å²) in [5.41, 5.74) is 2.95. The lowest BCUT2D eigenvalue weighted by Crippen LogP contribution is -2.39. The summed E-state index contributed by atoms with van der Waals surface area (Å²) in [5, 5.41) is 18.3. The van der Waals surface area contributed by atoms with Crippen LogP contribution in [0.5, 0.6) is 11.8 Å². The molecule has 3 aliphatic heterocycles. The Morgan fingerprint density at radius 2 is 2.05 bits per heavy atom. The molecule has 1 amide bonds. The number of carbonyl (C=O) groups excluding carboxylic acids is 1. The Hall–Kier alpha value is -3.16. The molecule has 0 saturated carbocycles. The smallest absolute Gasteiger partial charge is 0.263 e. The quantitative estimate of drug-likeness (QED) is 0.300. The Bertz CT molecular complexity index is 1660. The van der Waals surface area contributed by atoms with Gasteiger partial charge in [0, 0.05) is 47.5 Å². The lowest BCUT2D eigenvalue weighted by atomic mass is 9.77. The van der Waals surface area contributed by atoms with Crippen molar-refractivity contribution in [3.8, 4) is 11.8 Å². The number of hydrogen-bond donors (Lipinski definition) is 3. The molecule has 0 aliphatic carbocycles. The number of nitrogens with zero attached hydrogens (tertiary/aromatic N) is 6. The molecule has 0 radical (unpaired) electrons. The molecule has 1 unspecified atom stereocenters. The number of ether oxygens (including phenoxy) is 1. The number of anilines is 1. The zero-order chi connectivity index (χ0) is 28.3. The van der Waals surface area contributed by atoms with E-state index in [-0.39, 0.29) is 34.4 Å². The van der Waals surface area contributed by atoms with Gasteiger partial charge < -0.3 is 25.4 Å². The van der Waals surface area contributed by atoms with Crippen LogP contribution in [-0.4, -0.2) is 86.2 Å². The number of benzene rings is 1. The van der Waals surface area contributed by atoms with Crippen LogP contribution in [0.25, 0.3) is 21.1 Å². The molecular formula is C28H31ClN8O3S. The molecule has 3 aromatic heterocycles. The van der Waals surface area contributed by atoms with Crippen LogP contribution in [0.3, 0.4) is 0 Å². The molecule has 0 bridgehead atoms. The summed E-state index contributed by atoms with van der Waals surface area (Å²) in [5.74, 6) is 0.466. The van der Waals surface area contributed by atoms with E-state index in [1.807, 2.05) is 19.1 Å². The summed E-state index contributed by atoms with van der Waals surface area (Å²) >= 11 is 7.60. The minimum Gasteiger partial charge on any atom is -0.418 e. The number of aliphatic hydroxyl groups is 1. The third-order valence-electron chi connectivity index (χ3n) is 8.50. The summed E-state index contributed by atoms with van der Waals surface area (Å²) < 4.78 is 7.11. The number of nitrogens with one attached hydrogen (secondary N) is 2. The average Bonchev–Trinajstić information content (AvgIpc) is 3.43. The normalized spacial score (nSPS) is 23.0. The minimum atomic E-state index is -0.538. The summed E-state index contributed by atoms with van der Waals surface area (Å²) in [6, 6.07) is 3.85. The van der Waals surface area contributed by atoms with Gasteiger partial charge in [0.2, 0.25) is 17.0 Å². The highest BCUT2D eigenvalue weighted by Gasteiger charge is 2.44. The van der Waals surface area contributed by atoms with E-state index in [4.69, 9.17) is 26.3 Å². The first-order valence-corrected chi connectivity index (χ1v) is 15.0. The molecule has 2 fully saturated rings. The van der Waals surface area contributed by atoms with E-state index in [0.29, 0.717) is 34.6 Å². The predicted molar refractivity (Wildman–Crippen MR) is 158 cm³/mol. The molecule has 6 heterocycles. The van der Waals surface area contributed by atoms with E-state index < -0.39 is 6.23 Å². The molecule has 214 valence electrons. The highest BCUT2D eigenvalue weighted by Crippen LogP contribution is 2.44. The maximum absolute atomic E-state index is 12.7. The number of carbonyl (C=O) groups is 1. The van der Waals surface area contributed by atoms with E-state index in [1.54, 1.807) is 12.4 Å². The zero-order valence-electron chi connectivity index (χ0n) is 22.9. The van der Waals surface area contributed by atoms with Crippen molar-refractivity contribution in [3.63, 3.8) is 0 Å². The van der Waals surface area contributed by atoms with Crippen LogP contribution in [0.4, 0.5) is 5.69 Å². The van der Waals surface area contributed by atoms with Gasteiger partial charge in [0.05, 0.1) is 22.9 Å². The number of piperidine rings is 1. The van der Waals surface area contributed by atoms with Crippen LogP contribution in [0.1, 0.15) is 41.4 Å². The van der Waals surface area contributed by atoms with Crippen LogP contribution in [-0.2, 0) is 6.54 Å². The number of aromatic nitrogens is 4. The Kier molecular flexibility index (Phi) is 6.70. The van der Waals surface area contributed by atoms with Gasteiger partial charge in [0.1, 0.15) is 11.1 Å². The molecule has 3 aliphatic rings. The standard InChI is InChI=1S/C28H31ClN8O3S/c1-15-10-30-23-21-18(41-24(23)25(39)33-15)4-3-17-22(21)31-12-19(34-17)40-26-16(11-32-27(29)35-26)13-37-14-28(9-20(37)38)5-7-36(2)8-6-28/h3-4,11-12,15,20,30,38H,5-10,13-14H2,1-2H3,(H,33,39)/t15-,20?/m1/s1. The number of likely N-dealkylation sites (tertiary alicyclic amines) is 2. The van der Waals surface area contributed by atoms with E-state index >= 15 is 0 Å². The average molecular weight is 595 g/mol. The molecule has 2 atom stereocenters. The van der Waals surface area contributed by atoms with Crippen molar-refractivity contribution in [2.45, 2.75) is 45.0 Å². The van der Waals surface area contributed by atoms with Crippen LogP contribution < -0.4 is 15.4 Å². The number of amides is 1. The highest BCUT2D eigenvalue weighted by molar-refractivity contribution is 7.21. The third-order valence-corrected chi connectivity index (χ3v) is 9.84. The highest BCUT2D eigenvalue weighted by atomic mass is 35.5. The summed E-state index contributed by atoms with van der Waals surface area (Å²) in [7, 11) is 2.15. The van der Waals surface area contributed by atoms with Crippen molar-refractivity contribution in [2.24, 2.45) is 5.41 Å². The van der Waals surface area contributed by atoms with Gasteiger partial charge in [-0.1, -0.05) is 0 Å². The van der Waals surface area contributed by atoms with Gasteiger partial charge in [-0.05, 0) is 75.5 Å². The molecule has 1 spiro atoms. The first-order chi connectivity index (χ1) is 19.8. The van der Waals surface area contributed by atoms with Crippen LogP contribution >= 0.6 is 22.9 Å². The van der Waals surface area contributed by atoms with Gasteiger partial charge in [-0.2, -0.15) is 4.98 Å². The van der Waals surface area contributed by atoms with E-state index in [1.165, 1.54) is 11.3 Å². The van der Waals surface area contributed by atoms with E-state index in [0.717, 1.165) is 54.7 Å². The maximum Gasteiger partial charge on any atom is 0.263 e. The maximum atomic E-state index is 12.7. The lowest BCUT2D eigenvalue weighted by molar-refractivity contribution is 0.0319. The van der Waals surface area contributed by atoms with Gasteiger partial charge >= 0.3 is 0 Å². The molecule has 2 saturated heterocycles. The topological polar surface area (TPSA) is 129 Å². The van der Waals surface area contributed by atoms with Crippen molar-refractivity contribution < 1.29 is 14.6 Å². The zero-order valence-corrected chi connectivity index (χ0v) is 24.4. The lowest BCUT2D eigenvalue weighted by Gasteiger charge is -2.37. The van der Waals surface area contributed by atoms with Gasteiger partial charge in [-0.25, -0.2) is 15.0 Å². The molecule has 7 rings (SSSR count). The first kappa shape index (κ1) is 26.7. The Balaban J connectivity index is 1.17. The fourth-order valence-corrected chi connectivity index (χ4v) is 7.45. The van der Waals surface area contributed by atoms with Gasteiger partial charge in [-0.3, -0.25) is 9.69 Å². The molecule has 11 nitrogen and oxygen atoms in total. The second-order valence-electron chi connectivity index (χ2n) is 11.5. The van der Waals surface area contributed by atoms with E-state index in [2.05, 4.69) is 37.4 Å². The van der Waals surface area contributed by atoms with E-state index in [9.17, 15) is 9.90 Å². The monoisotopic (exact) mass is 594 g/mol. The Morgan fingerprint density at radius 3 is 2.88 bits per heavy atom. The van der Waals surface area contributed by atoms with Gasteiger partial charge in [0.15, 0.2) is 0 Å². The molecule has 41 heavy (non-hydrogen) atoms. The number of thiophene rings is 1. The number of halogens is 1. The predicted octanol–water partition coefficient (Wildman–Crippen LogP) is 3.86. The number of rotatable bonds is 4. The Labute approximate surface area is 245 Å². The number of aliphatic hydroxyl groups excluding tert-OH is 1. The van der Waals surface area contributed by atoms with Gasteiger partial charge in [0.25, 0.3) is 5.91 Å². The summed E-state index contributed by atoms with van der Waals surface area (Å²) in [6.07, 6.45) is 5.58. The van der Waals surface area contributed by atoms with Crippen molar-refractivity contribution in [1.82, 2.24) is 35.1 Å². The van der Waals surface area contributed by atoms with Crippen LogP contribution in [0.15, 0.2) is 24.5 Å².